The molecule has 0 fully saturated rings. The summed E-state index contributed by atoms with van der Waals surface area (Å²) in [6, 6.07) is 1.85. The zero-order chi connectivity index (χ0) is 11.4. The third-order valence-electron chi connectivity index (χ3n) is 2.21. The molecule has 0 aliphatic rings. The molecule has 0 spiro atoms. The van der Waals surface area contributed by atoms with Gasteiger partial charge in [-0.05, 0) is 26.8 Å². The lowest BCUT2D eigenvalue weighted by Crippen LogP contribution is -2.14. The lowest BCUT2D eigenvalue weighted by atomic mass is 10.3. The fourth-order valence-electron chi connectivity index (χ4n) is 1.06. The molecule has 0 atom stereocenters. The molecular weight excluding hydrogens is 210 g/mol. The normalized spacial score (nSPS) is 11.0. The molecule has 1 aromatic rings. The third-order valence-corrected chi connectivity index (χ3v) is 2.59. The van der Waals surface area contributed by atoms with Crippen LogP contribution in [0.25, 0.3) is 0 Å². The molecule has 0 saturated carbocycles. The SMILES string of the molecule is CCN(C)C=Nc1cc(Cl)c(C)nc1C. The Balaban J connectivity index is 2.95. The van der Waals surface area contributed by atoms with Crippen LogP contribution in [0.1, 0.15) is 18.3 Å². The maximum absolute atomic E-state index is 5.98. The Morgan fingerprint density at radius 1 is 1.47 bits per heavy atom. The van der Waals surface area contributed by atoms with Gasteiger partial charge in [-0.3, -0.25) is 4.98 Å². The van der Waals surface area contributed by atoms with Gasteiger partial charge >= 0.3 is 0 Å². The summed E-state index contributed by atoms with van der Waals surface area (Å²) < 4.78 is 0. The maximum atomic E-state index is 5.98. The number of pyridine rings is 1. The highest BCUT2D eigenvalue weighted by atomic mass is 35.5. The second-order valence-corrected chi connectivity index (χ2v) is 3.89. The molecule has 1 heterocycles. The zero-order valence-corrected chi connectivity index (χ0v) is 10.3. The standard InChI is InChI=1S/C11H16ClN3/c1-5-15(4)7-13-11-6-10(12)8(2)14-9(11)3/h6-7H,5H2,1-4H3. The first-order valence-electron chi connectivity index (χ1n) is 4.92. The van der Waals surface area contributed by atoms with Crippen LogP contribution in [0.5, 0.6) is 0 Å². The number of hydrogen-bond donors (Lipinski definition) is 0. The number of rotatable bonds is 3. The summed E-state index contributed by atoms with van der Waals surface area (Å²) in [5.74, 6) is 0. The predicted molar refractivity (Wildman–Crippen MR) is 65.2 cm³/mol. The highest BCUT2D eigenvalue weighted by molar-refractivity contribution is 6.31. The van der Waals surface area contributed by atoms with Crippen molar-refractivity contribution in [2.45, 2.75) is 20.8 Å². The van der Waals surface area contributed by atoms with E-state index in [9.17, 15) is 0 Å². The summed E-state index contributed by atoms with van der Waals surface area (Å²) in [6.45, 7) is 6.82. The number of nitrogens with zero attached hydrogens (tertiary/aromatic N) is 3. The van der Waals surface area contributed by atoms with Gasteiger partial charge in [0.05, 0.1) is 28.4 Å². The van der Waals surface area contributed by atoms with Crippen LogP contribution in [0.3, 0.4) is 0 Å². The molecule has 82 valence electrons. The molecule has 0 saturated heterocycles. The highest BCUT2D eigenvalue weighted by Crippen LogP contribution is 2.23. The van der Waals surface area contributed by atoms with Gasteiger partial charge in [-0.25, -0.2) is 4.99 Å². The molecule has 4 heteroatoms. The lowest BCUT2D eigenvalue weighted by Gasteiger charge is -2.09. The fraction of sp³-hybridized carbons (Fsp3) is 0.455. The first-order valence-corrected chi connectivity index (χ1v) is 5.30. The van der Waals surface area contributed by atoms with Crippen molar-refractivity contribution in [3.63, 3.8) is 0 Å². The van der Waals surface area contributed by atoms with E-state index in [-0.39, 0.29) is 0 Å². The van der Waals surface area contributed by atoms with Gasteiger partial charge in [0, 0.05) is 13.6 Å². The summed E-state index contributed by atoms with van der Waals surface area (Å²) in [7, 11) is 1.97. The third kappa shape index (κ3) is 3.20. The van der Waals surface area contributed by atoms with E-state index in [1.54, 1.807) is 6.34 Å². The largest absolute Gasteiger partial charge is 0.366 e. The number of aromatic nitrogens is 1. The first-order chi connectivity index (χ1) is 7.04. The van der Waals surface area contributed by atoms with E-state index < -0.39 is 0 Å². The van der Waals surface area contributed by atoms with Gasteiger partial charge in [0.25, 0.3) is 0 Å². The number of aryl methyl sites for hydroxylation is 2. The Labute approximate surface area is 95.8 Å². The summed E-state index contributed by atoms with van der Waals surface area (Å²) in [5, 5.41) is 0.659. The number of aliphatic imine (C=N–C) groups is 1. The van der Waals surface area contributed by atoms with Crippen LogP contribution in [-0.4, -0.2) is 29.8 Å². The number of halogens is 1. The second kappa shape index (κ2) is 5.12. The molecule has 3 nitrogen and oxygen atoms in total. The minimum absolute atomic E-state index is 0.659. The van der Waals surface area contributed by atoms with Crippen LogP contribution < -0.4 is 0 Å². The minimum atomic E-state index is 0.659. The average Bonchev–Trinajstić information content (AvgIpc) is 2.21. The molecule has 15 heavy (non-hydrogen) atoms. The van der Waals surface area contributed by atoms with Gasteiger partial charge in [-0.1, -0.05) is 11.6 Å². The summed E-state index contributed by atoms with van der Waals surface area (Å²) in [4.78, 5) is 10.6. The van der Waals surface area contributed by atoms with Crippen molar-refractivity contribution in [3.05, 3.63) is 22.5 Å². The van der Waals surface area contributed by atoms with Crippen molar-refractivity contribution in [2.24, 2.45) is 4.99 Å². The Morgan fingerprint density at radius 3 is 2.73 bits per heavy atom. The van der Waals surface area contributed by atoms with E-state index in [4.69, 9.17) is 11.6 Å². The van der Waals surface area contributed by atoms with Crippen LogP contribution in [0.15, 0.2) is 11.1 Å². The van der Waals surface area contributed by atoms with Gasteiger partial charge in [0.2, 0.25) is 0 Å². The lowest BCUT2D eigenvalue weighted by molar-refractivity contribution is 0.552. The molecule has 1 aromatic heterocycles. The molecule has 0 radical (unpaired) electrons. The molecule has 0 bridgehead atoms. The second-order valence-electron chi connectivity index (χ2n) is 3.48. The predicted octanol–water partition coefficient (Wildman–Crippen LogP) is 2.96. The Morgan fingerprint density at radius 2 is 2.13 bits per heavy atom. The van der Waals surface area contributed by atoms with Crippen molar-refractivity contribution in [1.82, 2.24) is 9.88 Å². The van der Waals surface area contributed by atoms with Crippen LogP contribution in [0.2, 0.25) is 5.02 Å². The van der Waals surface area contributed by atoms with Gasteiger partial charge < -0.3 is 4.90 Å². The van der Waals surface area contributed by atoms with Crippen molar-refractivity contribution in [3.8, 4) is 0 Å². The summed E-state index contributed by atoms with van der Waals surface area (Å²) in [6.07, 6.45) is 1.79. The average molecular weight is 226 g/mol. The van der Waals surface area contributed by atoms with Gasteiger partial charge in [0.1, 0.15) is 0 Å². The molecule has 0 aromatic carbocycles. The van der Waals surface area contributed by atoms with Gasteiger partial charge in [0.15, 0.2) is 0 Å². The van der Waals surface area contributed by atoms with E-state index in [1.807, 2.05) is 31.9 Å². The van der Waals surface area contributed by atoms with Crippen molar-refractivity contribution in [2.75, 3.05) is 13.6 Å². The maximum Gasteiger partial charge on any atom is 0.0910 e. The van der Waals surface area contributed by atoms with Crippen LogP contribution in [0.4, 0.5) is 5.69 Å². The fourth-order valence-corrected chi connectivity index (χ4v) is 1.21. The summed E-state index contributed by atoms with van der Waals surface area (Å²) in [5.41, 5.74) is 2.57. The Hall–Kier alpha value is -1.09. The van der Waals surface area contributed by atoms with Crippen LogP contribution >= 0.6 is 11.6 Å². The van der Waals surface area contributed by atoms with Gasteiger partial charge in [-0.15, -0.1) is 0 Å². The van der Waals surface area contributed by atoms with E-state index >= 15 is 0 Å². The first kappa shape index (κ1) is 12.0. The number of hydrogen-bond acceptors (Lipinski definition) is 2. The van der Waals surface area contributed by atoms with Crippen molar-refractivity contribution < 1.29 is 0 Å². The quantitative estimate of drug-likeness (QED) is 0.585. The smallest absolute Gasteiger partial charge is 0.0910 e. The van der Waals surface area contributed by atoms with Crippen molar-refractivity contribution >= 4 is 23.6 Å². The Bertz CT molecular complexity index is 374. The topological polar surface area (TPSA) is 28.5 Å². The molecule has 0 N–H and O–H groups in total. The molecule has 0 aliphatic heterocycles. The molecular formula is C11H16ClN3. The highest BCUT2D eigenvalue weighted by Gasteiger charge is 2.02. The molecule has 0 amide bonds. The molecule has 1 rings (SSSR count). The van der Waals surface area contributed by atoms with E-state index in [0.717, 1.165) is 23.6 Å². The molecule has 0 aliphatic carbocycles. The van der Waals surface area contributed by atoms with E-state index in [1.165, 1.54) is 0 Å². The monoisotopic (exact) mass is 225 g/mol. The minimum Gasteiger partial charge on any atom is -0.366 e. The van der Waals surface area contributed by atoms with E-state index in [2.05, 4.69) is 16.9 Å². The molecule has 0 unspecified atom stereocenters. The van der Waals surface area contributed by atoms with Crippen molar-refractivity contribution in [1.29, 1.82) is 0 Å². The van der Waals surface area contributed by atoms with E-state index in [0.29, 0.717) is 5.02 Å². The summed E-state index contributed by atoms with van der Waals surface area (Å²) >= 11 is 5.98. The van der Waals surface area contributed by atoms with Gasteiger partial charge in [-0.2, -0.15) is 0 Å². The van der Waals surface area contributed by atoms with Crippen LogP contribution in [-0.2, 0) is 0 Å². The van der Waals surface area contributed by atoms with Crippen LogP contribution in [0, 0.1) is 13.8 Å². The zero-order valence-electron chi connectivity index (χ0n) is 9.58. The Kier molecular flexibility index (Phi) is 4.09.